The van der Waals surface area contributed by atoms with Crippen LogP contribution >= 0.6 is 0 Å². The van der Waals surface area contributed by atoms with Crippen LogP contribution < -0.4 is 0 Å². The summed E-state index contributed by atoms with van der Waals surface area (Å²) < 4.78 is 0. The predicted molar refractivity (Wildman–Crippen MR) is 91.7 cm³/mol. The van der Waals surface area contributed by atoms with Crippen LogP contribution in [0.1, 0.15) is 31.1 Å². The molecule has 2 aromatic carbocycles. The van der Waals surface area contributed by atoms with Crippen LogP contribution in [0.4, 0.5) is 0 Å². The average Bonchev–Trinajstić information content (AvgIpc) is 2.67. The summed E-state index contributed by atoms with van der Waals surface area (Å²) in [6.07, 6.45) is 0. The maximum atomic E-state index is 12.6. The molecule has 2 aromatic rings. The van der Waals surface area contributed by atoms with E-state index in [0.717, 1.165) is 0 Å². The minimum absolute atomic E-state index is 0.0411. The number of nitrogens with zero attached hydrogens (tertiary/aromatic N) is 2. The largest absolute Gasteiger partial charge is 0.478 e. The smallest absolute Gasteiger partial charge is 0.335 e. The first kappa shape index (κ1) is 16.7. The number of amides is 2. The molecule has 0 spiro atoms. The van der Waals surface area contributed by atoms with E-state index >= 15 is 0 Å². The maximum absolute atomic E-state index is 12.6. The van der Waals surface area contributed by atoms with E-state index in [-0.39, 0.29) is 17.4 Å². The van der Waals surface area contributed by atoms with Gasteiger partial charge >= 0.3 is 5.97 Å². The molecular weight excluding hydrogens is 320 g/mol. The topological polar surface area (TPSA) is 77.9 Å². The number of hydrogen-bond acceptors (Lipinski definition) is 3. The van der Waals surface area contributed by atoms with Crippen LogP contribution in [-0.4, -0.2) is 58.9 Å². The molecule has 1 aliphatic heterocycles. The van der Waals surface area contributed by atoms with Crippen LogP contribution in [0, 0.1) is 0 Å². The fourth-order valence-electron chi connectivity index (χ4n) is 2.84. The quantitative estimate of drug-likeness (QED) is 0.928. The second-order valence-electron chi connectivity index (χ2n) is 5.84. The van der Waals surface area contributed by atoms with E-state index in [1.54, 1.807) is 34.1 Å². The lowest BCUT2D eigenvalue weighted by molar-refractivity contribution is 0.0535. The Balaban J connectivity index is 1.64. The molecule has 1 aliphatic rings. The van der Waals surface area contributed by atoms with Gasteiger partial charge in [-0.15, -0.1) is 0 Å². The van der Waals surface area contributed by atoms with E-state index in [1.807, 2.05) is 18.2 Å². The second kappa shape index (κ2) is 7.17. The fraction of sp³-hybridized carbons (Fsp3) is 0.211. The Morgan fingerprint density at radius 2 is 1.16 bits per heavy atom. The lowest BCUT2D eigenvalue weighted by atomic mass is 10.1. The molecule has 0 unspecified atom stereocenters. The van der Waals surface area contributed by atoms with E-state index in [0.29, 0.717) is 37.3 Å². The lowest BCUT2D eigenvalue weighted by Crippen LogP contribution is -2.50. The highest BCUT2D eigenvalue weighted by Crippen LogP contribution is 2.13. The summed E-state index contributed by atoms with van der Waals surface area (Å²) in [5.74, 6) is -1.32. The number of benzene rings is 2. The minimum Gasteiger partial charge on any atom is -0.478 e. The van der Waals surface area contributed by atoms with Gasteiger partial charge in [0, 0.05) is 37.3 Å². The molecule has 25 heavy (non-hydrogen) atoms. The summed E-state index contributed by atoms with van der Waals surface area (Å²) in [4.78, 5) is 39.4. The second-order valence-corrected chi connectivity index (χ2v) is 5.84. The van der Waals surface area contributed by atoms with Crippen LogP contribution in [0.3, 0.4) is 0 Å². The molecule has 1 fully saturated rings. The van der Waals surface area contributed by atoms with Gasteiger partial charge in [-0.25, -0.2) is 4.79 Å². The van der Waals surface area contributed by atoms with Crippen LogP contribution in [0.5, 0.6) is 0 Å². The van der Waals surface area contributed by atoms with E-state index in [9.17, 15) is 14.4 Å². The molecule has 0 aliphatic carbocycles. The summed E-state index contributed by atoms with van der Waals surface area (Å²) >= 11 is 0. The van der Waals surface area contributed by atoms with Crippen molar-refractivity contribution < 1.29 is 19.5 Å². The van der Waals surface area contributed by atoms with Crippen molar-refractivity contribution in [1.82, 2.24) is 9.80 Å². The number of aromatic carboxylic acids is 1. The zero-order chi connectivity index (χ0) is 17.8. The highest BCUT2D eigenvalue weighted by Gasteiger charge is 2.25. The summed E-state index contributed by atoms with van der Waals surface area (Å²) in [5.41, 5.74) is 1.07. The van der Waals surface area contributed by atoms with Crippen molar-refractivity contribution in [3.63, 3.8) is 0 Å². The molecule has 0 bridgehead atoms. The Morgan fingerprint density at radius 1 is 0.680 bits per heavy atom. The number of carbonyl (C=O) groups is 3. The Labute approximate surface area is 145 Å². The number of hydrogen-bond donors (Lipinski definition) is 1. The molecule has 3 rings (SSSR count). The number of piperazine rings is 1. The lowest BCUT2D eigenvalue weighted by Gasteiger charge is -2.35. The highest BCUT2D eigenvalue weighted by molar-refractivity contribution is 5.98. The Morgan fingerprint density at radius 3 is 1.72 bits per heavy atom. The van der Waals surface area contributed by atoms with Gasteiger partial charge in [0.1, 0.15) is 0 Å². The van der Waals surface area contributed by atoms with Crippen molar-refractivity contribution in [1.29, 1.82) is 0 Å². The zero-order valence-electron chi connectivity index (χ0n) is 13.6. The Kier molecular flexibility index (Phi) is 4.79. The molecule has 6 nitrogen and oxygen atoms in total. The van der Waals surface area contributed by atoms with Gasteiger partial charge in [-0.1, -0.05) is 24.3 Å². The molecule has 1 saturated heterocycles. The minimum atomic E-state index is -1.06. The number of carboxylic acids is 1. The molecular formula is C19H18N2O4. The standard InChI is InChI=1S/C19H18N2O4/c22-17(14-5-2-1-3-6-14)20-9-11-21(12-10-20)18(23)15-7-4-8-16(13-15)19(24)25/h1-8,13H,9-12H2,(H,24,25). The average molecular weight is 338 g/mol. The summed E-state index contributed by atoms with van der Waals surface area (Å²) in [6.45, 7) is 1.76. The Bertz CT molecular complexity index is 796. The van der Waals surface area contributed by atoms with Gasteiger partial charge < -0.3 is 14.9 Å². The molecule has 128 valence electrons. The monoisotopic (exact) mass is 338 g/mol. The highest BCUT2D eigenvalue weighted by atomic mass is 16.4. The number of rotatable bonds is 3. The van der Waals surface area contributed by atoms with Gasteiger partial charge in [0.05, 0.1) is 5.56 Å². The van der Waals surface area contributed by atoms with Crippen LogP contribution in [0.2, 0.25) is 0 Å². The molecule has 0 radical (unpaired) electrons. The molecule has 0 saturated carbocycles. The van der Waals surface area contributed by atoms with Crippen LogP contribution in [-0.2, 0) is 0 Å². The third kappa shape index (κ3) is 3.68. The van der Waals surface area contributed by atoms with Gasteiger partial charge in [-0.05, 0) is 30.3 Å². The molecule has 0 aromatic heterocycles. The van der Waals surface area contributed by atoms with Crippen molar-refractivity contribution in [3.8, 4) is 0 Å². The van der Waals surface area contributed by atoms with E-state index in [4.69, 9.17) is 5.11 Å². The third-order valence-electron chi connectivity index (χ3n) is 4.23. The first-order chi connectivity index (χ1) is 12.1. The van der Waals surface area contributed by atoms with E-state index in [2.05, 4.69) is 0 Å². The van der Waals surface area contributed by atoms with Crippen molar-refractivity contribution in [3.05, 3.63) is 71.3 Å². The molecule has 1 N–H and O–H groups in total. The first-order valence-corrected chi connectivity index (χ1v) is 8.03. The number of carboxylic acid groups (broad SMARTS) is 1. The van der Waals surface area contributed by atoms with Crippen molar-refractivity contribution in [2.45, 2.75) is 0 Å². The Hall–Kier alpha value is -3.15. The van der Waals surface area contributed by atoms with Gasteiger partial charge in [0.2, 0.25) is 0 Å². The SMILES string of the molecule is O=C(O)c1cccc(C(=O)N2CCN(C(=O)c3ccccc3)CC2)c1. The summed E-state index contributed by atoms with van der Waals surface area (Å²) in [5, 5.41) is 9.04. The molecule has 1 heterocycles. The van der Waals surface area contributed by atoms with Gasteiger partial charge in [0.15, 0.2) is 0 Å². The fourth-order valence-corrected chi connectivity index (χ4v) is 2.84. The van der Waals surface area contributed by atoms with Crippen LogP contribution in [0.15, 0.2) is 54.6 Å². The van der Waals surface area contributed by atoms with Crippen molar-refractivity contribution >= 4 is 17.8 Å². The van der Waals surface area contributed by atoms with Gasteiger partial charge in [0.25, 0.3) is 11.8 Å². The first-order valence-electron chi connectivity index (χ1n) is 8.03. The zero-order valence-corrected chi connectivity index (χ0v) is 13.6. The van der Waals surface area contributed by atoms with Crippen LogP contribution in [0.25, 0.3) is 0 Å². The van der Waals surface area contributed by atoms with Crippen molar-refractivity contribution in [2.75, 3.05) is 26.2 Å². The predicted octanol–water partition coefficient (Wildman–Crippen LogP) is 1.98. The summed E-state index contributed by atoms with van der Waals surface area (Å²) in [6, 6.07) is 15.1. The van der Waals surface area contributed by atoms with Crippen molar-refractivity contribution in [2.24, 2.45) is 0 Å². The molecule has 2 amide bonds. The van der Waals surface area contributed by atoms with Gasteiger partial charge in [-0.3, -0.25) is 9.59 Å². The molecule has 0 atom stereocenters. The summed E-state index contributed by atoms with van der Waals surface area (Å²) in [7, 11) is 0. The normalized spacial score (nSPS) is 14.2. The molecule has 6 heteroatoms. The van der Waals surface area contributed by atoms with E-state index < -0.39 is 5.97 Å². The maximum Gasteiger partial charge on any atom is 0.335 e. The number of carbonyl (C=O) groups excluding carboxylic acids is 2. The van der Waals surface area contributed by atoms with E-state index in [1.165, 1.54) is 12.1 Å². The van der Waals surface area contributed by atoms with Gasteiger partial charge in [-0.2, -0.15) is 0 Å². The third-order valence-corrected chi connectivity index (χ3v) is 4.23.